The minimum atomic E-state index is -0.537. The van der Waals surface area contributed by atoms with Gasteiger partial charge in [-0.3, -0.25) is 4.79 Å². The SMILES string of the molecule is CCOC(=O)C1CNCCC1O. The van der Waals surface area contributed by atoms with Crippen LogP contribution in [0.2, 0.25) is 0 Å². The summed E-state index contributed by atoms with van der Waals surface area (Å²) in [5.74, 6) is -0.670. The normalized spacial score (nSPS) is 29.8. The smallest absolute Gasteiger partial charge is 0.312 e. The Morgan fingerprint density at radius 3 is 3.08 bits per heavy atom. The molecule has 0 spiro atoms. The van der Waals surface area contributed by atoms with Crippen molar-refractivity contribution in [2.75, 3.05) is 19.7 Å². The van der Waals surface area contributed by atoms with Crippen LogP contribution in [-0.4, -0.2) is 36.9 Å². The minimum Gasteiger partial charge on any atom is -0.466 e. The maximum absolute atomic E-state index is 11.2. The summed E-state index contributed by atoms with van der Waals surface area (Å²) in [4.78, 5) is 11.2. The number of hydrogen-bond acceptors (Lipinski definition) is 4. The van der Waals surface area contributed by atoms with E-state index in [4.69, 9.17) is 4.74 Å². The van der Waals surface area contributed by atoms with Crippen LogP contribution >= 0.6 is 0 Å². The third-order valence-electron chi connectivity index (χ3n) is 2.03. The zero-order valence-electron chi connectivity index (χ0n) is 7.25. The van der Waals surface area contributed by atoms with Crippen molar-refractivity contribution in [3.05, 3.63) is 0 Å². The lowest BCUT2D eigenvalue weighted by atomic mass is 9.96. The Morgan fingerprint density at radius 1 is 1.75 bits per heavy atom. The number of carbonyl (C=O) groups is 1. The number of aliphatic hydroxyl groups excluding tert-OH is 1. The standard InChI is InChI=1S/C8H15NO3/c1-2-12-8(11)6-5-9-4-3-7(6)10/h6-7,9-10H,2-5H2,1H3. The predicted octanol–water partition coefficient (Wildman–Crippen LogP) is -0.480. The Bertz CT molecular complexity index is 160. The first kappa shape index (κ1) is 9.48. The summed E-state index contributed by atoms with van der Waals surface area (Å²) in [5, 5.41) is 12.5. The third-order valence-corrected chi connectivity index (χ3v) is 2.03. The molecule has 0 aliphatic carbocycles. The van der Waals surface area contributed by atoms with E-state index < -0.39 is 6.10 Å². The predicted molar refractivity (Wildman–Crippen MR) is 43.6 cm³/mol. The fourth-order valence-corrected chi connectivity index (χ4v) is 1.33. The van der Waals surface area contributed by atoms with Crippen LogP contribution < -0.4 is 5.32 Å². The van der Waals surface area contributed by atoms with Crippen LogP contribution in [0.25, 0.3) is 0 Å². The molecular formula is C8H15NO3. The van der Waals surface area contributed by atoms with Crippen molar-refractivity contribution in [2.45, 2.75) is 19.4 Å². The molecule has 1 aliphatic rings. The molecule has 0 saturated carbocycles. The average molecular weight is 173 g/mol. The molecular weight excluding hydrogens is 158 g/mol. The van der Waals surface area contributed by atoms with Crippen molar-refractivity contribution in [3.8, 4) is 0 Å². The summed E-state index contributed by atoms with van der Waals surface area (Å²) in [7, 11) is 0. The average Bonchev–Trinajstić information content (AvgIpc) is 2.05. The van der Waals surface area contributed by atoms with E-state index in [1.807, 2.05) is 0 Å². The maximum atomic E-state index is 11.2. The van der Waals surface area contributed by atoms with Crippen molar-refractivity contribution >= 4 is 5.97 Å². The first-order valence-corrected chi connectivity index (χ1v) is 4.31. The molecule has 12 heavy (non-hydrogen) atoms. The van der Waals surface area contributed by atoms with Gasteiger partial charge in [0.15, 0.2) is 0 Å². The summed E-state index contributed by atoms with van der Waals surface area (Å²) in [6, 6.07) is 0. The van der Waals surface area contributed by atoms with E-state index >= 15 is 0 Å². The second-order valence-electron chi connectivity index (χ2n) is 2.92. The first-order chi connectivity index (χ1) is 5.75. The number of nitrogens with one attached hydrogen (secondary N) is 1. The van der Waals surface area contributed by atoms with E-state index in [-0.39, 0.29) is 11.9 Å². The molecule has 2 unspecified atom stereocenters. The van der Waals surface area contributed by atoms with Crippen molar-refractivity contribution in [1.29, 1.82) is 0 Å². The summed E-state index contributed by atoms with van der Waals surface area (Å²) in [5.41, 5.74) is 0. The number of ether oxygens (including phenoxy) is 1. The van der Waals surface area contributed by atoms with Gasteiger partial charge < -0.3 is 15.2 Å². The number of piperidine rings is 1. The first-order valence-electron chi connectivity index (χ1n) is 4.31. The quantitative estimate of drug-likeness (QED) is 0.554. The van der Waals surface area contributed by atoms with Crippen molar-refractivity contribution < 1.29 is 14.6 Å². The van der Waals surface area contributed by atoms with Gasteiger partial charge in [-0.05, 0) is 19.9 Å². The Labute approximate surface area is 71.9 Å². The second kappa shape index (κ2) is 4.42. The van der Waals surface area contributed by atoms with Gasteiger partial charge in [0.25, 0.3) is 0 Å². The summed E-state index contributed by atoms with van der Waals surface area (Å²) >= 11 is 0. The highest BCUT2D eigenvalue weighted by atomic mass is 16.5. The lowest BCUT2D eigenvalue weighted by Gasteiger charge is -2.26. The highest BCUT2D eigenvalue weighted by Crippen LogP contribution is 2.12. The molecule has 2 N–H and O–H groups in total. The van der Waals surface area contributed by atoms with Gasteiger partial charge in [0.2, 0.25) is 0 Å². The van der Waals surface area contributed by atoms with Gasteiger partial charge in [-0.2, -0.15) is 0 Å². The molecule has 0 amide bonds. The Morgan fingerprint density at radius 2 is 2.50 bits per heavy atom. The van der Waals surface area contributed by atoms with Crippen LogP contribution in [0.4, 0.5) is 0 Å². The van der Waals surface area contributed by atoms with Crippen LogP contribution in [0.15, 0.2) is 0 Å². The monoisotopic (exact) mass is 173 g/mol. The van der Waals surface area contributed by atoms with E-state index in [1.54, 1.807) is 6.92 Å². The van der Waals surface area contributed by atoms with Crippen molar-refractivity contribution in [3.63, 3.8) is 0 Å². The fraction of sp³-hybridized carbons (Fsp3) is 0.875. The molecule has 70 valence electrons. The summed E-state index contributed by atoms with van der Waals surface area (Å²) < 4.78 is 4.81. The number of rotatable bonds is 2. The lowest BCUT2D eigenvalue weighted by molar-refractivity contribution is -0.152. The van der Waals surface area contributed by atoms with E-state index in [0.29, 0.717) is 19.6 Å². The largest absolute Gasteiger partial charge is 0.466 e. The van der Waals surface area contributed by atoms with E-state index in [2.05, 4.69) is 5.32 Å². The molecule has 0 aromatic heterocycles. The van der Waals surface area contributed by atoms with Crippen molar-refractivity contribution in [2.24, 2.45) is 5.92 Å². The molecule has 1 fully saturated rings. The minimum absolute atomic E-state index is 0.294. The van der Waals surface area contributed by atoms with Crippen LogP contribution in [0.3, 0.4) is 0 Å². The molecule has 0 aromatic rings. The topological polar surface area (TPSA) is 58.6 Å². The van der Waals surface area contributed by atoms with Gasteiger partial charge in [0.05, 0.1) is 18.6 Å². The molecule has 2 atom stereocenters. The maximum Gasteiger partial charge on any atom is 0.312 e. The Hall–Kier alpha value is -0.610. The van der Waals surface area contributed by atoms with E-state index in [9.17, 15) is 9.90 Å². The molecule has 4 nitrogen and oxygen atoms in total. The van der Waals surface area contributed by atoms with Crippen molar-refractivity contribution in [1.82, 2.24) is 5.32 Å². The number of esters is 1. The van der Waals surface area contributed by atoms with E-state index in [1.165, 1.54) is 0 Å². The highest BCUT2D eigenvalue weighted by Gasteiger charge is 2.30. The van der Waals surface area contributed by atoms with Gasteiger partial charge >= 0.3 is 5.97 Å². The molecule has 1 saturated heterocycles. The van der Waals surface area contributed by atoms with Gasteiger partial charge in [-0.25, -0.2) is 0 Å². The van der Waals surface area contributed by atoms with Crippen LogP contribution in [-0.2, 0) is 9.53 Å². The third kappa shape index (κ3) is 2.19. The van der Waals surface area contributed by atoms with Crippen LogP contribution in [0.1, 0.15) is 13.3 Å². The molecule has 4 heteroatoms. The van der Waals surface area contributed by atoms with Gasteiger partial charge in [0.1, 0.15) is 0 Å². The second-order valence-corrected chi connectivity index (χ2v) is 2.92. The molecule has 1 heterocycles. The summed E-state index contributed by atoms with van der Waals surface area (Å²) in [6.07, 6.45) is 0.0917. The Balaban J connectivity index is 2.42. The lowest BCUT2D eigenvalue weighted by Crippen LogP contribution is -2.44. The number of carbonyl (C=O) groups excluding carboxylic acids is 1. The van der Waals surface area contributed by atoms with Gasteiger partial charge in [-0.1, -0.05) is 0 Å². The number of aliphatic hydroxyl groups is 1. The molecule has 1 aliphatic heterocycles. The molecule has 0 aromatic carbocycles. The molecule has 1 rings (SSSR count). The zero-order valence-corrected chi connectivity index (χ0v) is 7.25. The highest BCUT2D eigenvalue weighted by molar-refractivity contribution is 5.73. The Kier molecular flexibility index (Phi) is 3.49. The fourth-order valence-electron chi connectivity index (χ4n) is 1.33. The van der Waals surface area contributed by atoms with Crippen LogP contribution in [0.5, 0.6) is 0 Å². The molecule has 0 bridgehead atoms. The number of hydrogen-bond donors (Lipinski definition) is 2. The van der Waals surface area contributed by atoms with Gasteiger partial charge in [-0.15, -0.1) is 0 Å². The zero-order chi connectivity index (χ0) is 8.97. The summed E-state index contributed by atoms with van der Waals surface area (Å²) in [6.45, 7) is 3.44. The molecule has 0 radical (unpaired) electrons. The van der Waals surface area contributed by atoms with Crippen LogP contribution in [0, 0.1) is 5.92 Å². The van der Waals surface area contributed by atoms with E-state index in [0.717, 1.165) is 6.54 Å². The van der Waals surface area contributed by atoms with Gasteiger partial charge in [0, 0.05) is 6.54 Å².